The van der Waals surface area contributed by atoms with E-state index in [2.05, 4.69) is 10.6 Å². The Hall–Kier alpha value is -3.18. The summed E-state index contributed by atoms with van der Waals surface area (Å²) in [6.07, 6.45) is 3.43. The molecule has 2 N–H and O–H groups in total. The molecule has 0 aliphatic heterocycles. The van der Waals surface area contributed by atoms with Gasteiger partial charge in [0.15, 0.2) is 12.4 Å². The number of halogens is 1. The first-order chi connectivity index (χ1) is 12.7. The van der Waals surface area contributed by atoms with Gasteiger partial charge in [0.1, 0.15) is 5.56 Å². The quantitative estimate of drug-likeness (QED) is 0.568. The number of amides is 2. The number of pyridine rings is 1. The third kappa shape index (κ3) is 6.24. The highest BCUT2D eigenvalue weighted by atomic mass is 35.5. The van der Waals surface area contributed by atoms with E-state index in [1.807, 2.05) is 60.7 Å². The topological polar surface area (TPSA) is 62.1 Å². The summed E-state index contributed by atoms with van der Waals surface area (Å²) in [5.74, 6) is -0.324. The van der Waals surface area contributed by atoms with E-state index in [1.165, 1.54) is 0 Å². The molecule has 0 aliphatic carbocycles. The zero-order valence-electron chi connectivity index (χ0n) is 14.6. The third-order valence-electron chi connectivity index (χ3n) is 3.81. The first-order valence-corrected chi connectivity index (χ1v) is 8.37. The number of carbonyl (C=O) groups is 2. The fraction of sp³-hybridized carbons (Fsp3) is 0.0952. The van der Waals surface area contributed by atoms with Gasteiger partial charge in [-0.3, -0.25) is 9.59 Å². The third-order valence-corrected chi connectivity index (χ3v) is 3.81. The van der Waals surface area contributed by atoms with Crippen molar-refractivity contribution < 1.29 is 26.6 Å². The highest BCUT2D eigenvalue weighted by Crippen LogP contribution is 2.07. The van der Waals surface area contributed by atoms with Gasteiger partial charge in [-0.15, -0.1) is 0 Å². The molecule has 0 fully saturated rings. The van der Waals surface area contributed by atoms with Crippen LogP contribution in [0.2, 0.25) is 0 Å². The Labute approximate surface area is 164 Å². The van der Waals surface area contributed by atoms with Crippen LogP contribution in [0.15, 0.2) is 85.2 Å². The molecule has 0 radical (unpaired) electrons. The van der Waals surface area contributed by atoms with Gasteiger partial charge in [0.25, 0.3) is 11.8 Å². The molecule has 6 heteroatoms. The number of para-hydroxylation sites is 1. The van der Waals surface area contributed by atoms with Crippen LogP contribution >= 0.6 is 0 Å². The number of anilines is 1. The van der Waals surface area contributed by atoms with Crippen molar-refractivity contribution in [1.82, 2.24) is 5.32 Å². The largest absolute Gasteiger partial charge is 1.00 e. The molecule has 1 aromatic heterocycles. The zero-order chi connectivity index (χ0) is 18.2. The van der Waals surface area contributed by atoms with Crippen LogP contribution in [0.25, 0.3) is 0 Å². The van der Waals surface area contributed by atoms with Gasteiger partial charge in [0.05, 0.1) is 0 Å². The van der Waals surface area contributed by atoms with Crippen LogP contribution in [-0.2, 0) is 17.9 Å². The van der Waals surface area contributed by atoms with Crippen LogP contribution in [0, 0.1) is 0 Å². The number of nitrogens with zero attached hydrogens (tertiary/aromatic N) is 1. The van der Waals surface area contributed by atoms with Crippen LogP contribution in [0.3, 0.4) is 0 Å². The number of carbonyl (C=O) groups excluding carboxylic acids is 2. The van der Waals surface area contributed by atoms with Crippen LogP contribution in [0.5, 0.6) is 0 Å². The summed E-state index contributed by atoms with van der Waals surface area (Å²) in [4.78, 5) is 24.5. The molecular weight excluding hydrogens is 362 g/mol. The van der Waals surface area contributed by atoms with Crippen molar-refractivity contribution in [2.45, 2.75) is 13.1 Å². The lowest BCUT2D eigenvalue weighted by molar-refractivity contribution is -0.684. The van der Waals surface area contributed by atoms with Crippen molar-refractivity contribution >= 4 is 17.5 Å². The summed E-state index contributed by atoms with van der Waals surface area (Å²) in [6.45, 7) is 0.633. The van der Waals surface area contributed by atoms with Crippen LogP contribution < -0.4 is 27.6 Å². The van der Waals surface area contributed by atoms with Gasteiger partial charge in [0, 0.05) is 18.3 Å². The lowest BCUT2D eigenvalue weighted by atomic mass is 10.2. The number of hydrogen-bond acceptors (Lipinski definition) is 2. The van der Waals surface area contributed by atoms with E-state index in [1.54, 1.807) is 29.1 Å². The Morgan fingerprint density at radius 3 is 2.22 bits per heavy atom. The molecule has 1 heterocycles. The molecule has 0 atom stereocenters. The van der Waals surface area contributed by atoms with Gasteiger partial charge < -0.3 is 23.0 Å². The lowest BCUT2D eigenvalue weighted by Gasteiger charge is -2.05. The molecule has 5 nitrogen and oxygen atoms in total. The second-order valence-electron chi connectivity index (χ2n) is 5.85. The number of benzene rings is 2. The van der Waals surface area contributed by atoms with E-state index in [9.17, 15) is 9.59 Å². The molecule has 0 bridgehead atoms. The molecule has 2 amide bonds. The van der Waals surface area contributed by atoms with E-state index in [-0.39, 0.29) is 30.8 Å². The lowest BCUT2D eigenvalue weighted by Crippen LogP contribution is -3.00. The second kappa shape index (κ2) is 10.1. The summed E-state index contributed by atoms with van der Waals surface area (Å²) < 4.78 is 1.69. The van der Waals surface area contributed by atoms with Crippen molar-refractivity contribution in [3.8, 4) is 0 Å². The zero-order valence-corrected chi connectivity index (χ0v) is 15.4. The van der Waals surface area contributed by atoms with Crippen LogP contribution in [-0.4, -0.2) is 11.8 Å². The smallest absolute Gasteiger partial charge is 0.286 e. The van der Waals surface area contributed by atoms with Crippen molar-refractivity contribution in [1.29, 1.82) is 0 Å². The van der Waals surface area contributed by atoms with Crippen molar-refractivity contribution in [3.63, 3.8) is 0 Å². The number of rotatable bonds is 6. The summed E-state index contributed by atoms with van der Waals surface area (Å²) in [6, 6.07) is 22.5. The molecule has 0 spiro atoms. The summed E-state index contributed by atoms with van der Waals surface area (Å²) >= 11 is 0. The molecule has 2 aromatic carbocycles. The van der Waals surface area contributed by atoms with Gasteiger partial charge >= 0.3 is 0 Å². The Morgan fingerprint density at radius 1 is 0.852 bits per heavy atom. The molecule has 3 rings (SSSR count). The number of nitrogens with one attached hydrogen (secondary N) is 2. The predicted molar refractivity (Wildman–Crippen MR) is 99.3 cm³/mol. The van der Waals surface area contributed by atoms with Crippen molar-refractivity contribution in [2.24, 2.45) is 0 Å². The minimum absolute atomic E-state index is 0. The Balaban J connectivity index is 0.00000261. The van der Waals surface area contributed by atoms with E-state index in [0.717, 1.165) is 11.3 Å². The van der Waals surface area contributed by atoms with E-state index < -0.39 is 0 Å². The van der Waals surface area contributed by atoms with Gasteiger partial charge in [0.2, 0.25) is 6.54 Å². The molecule has 0 unspecified atom stereocenters. The molecule has 0 saturated carbocycles. The van der Waals surface area contributed by atoms with Gasteiger partial charge in [-0.2, -0.15) is 4.57 Å². The molecule has 3 aromatic rings. The average Bonchev–Trinajstić information content (AvgIpc) is 2.68. The Bertz CT molecular complexity index is 886. The minimum Gasteiger partial charge on any atom is -1.00 e. The maximum Gasteiger partial charge on any atom is 0.286 e. The van der Waals surface area contributed by atoms with Gasteiger partial charge in [-0.1, -0.05) is 48.5 Å². The first-order valence-electron chi connectivity index (χ1n) is 8.37. The van der Waals surface area contributed by atoms with Crippen molar-refractivity contribution in [3.05, 3.63) is 96.3 Å². The molecule has 27 heavy (non-hydrogen) atoms. The number of aromatic nitrogens is 1. The average molecular weight is 382 g/mol. The SMILES string of the molecule is O=C(C[n+]1cccc(C(=O)Nc2ccccc2)c1)NCc1ccccc1.[Cl-]. The van der Waals surface area contributed by atoms with Gasteiger partial charge in [-0.05, 0) is 23.8 Å². The van der Waals surface area contributed by atoms with E-state index in [0.29, 0.717) is 12.1 Å². The highest BCUT2D eigenvalue weighted by molar-refractivity contribution is 6.03. The Morgan fingerprint density at radius 2 is 1.52 bits per heavy atom. The maximum atomic E-state index is 12.3. The number of hydrogen-bond donors (Lipinski definition) is 2. The second-order valence-corrected chi connectivity index (χ2v) is 5.85. The fourth-order valence-corrected chi connectivity index (χ4v) is 2.50. The van der Waals surface area contributed by atoms with Crippen LogP contribution in [0.1, 0.15) is 15.9 Å². The minimum atomic E-state index is -0.213. The summed E-state index contributed by atoms with van der Waals surface area (Å²) in [5, 5.41) is 5.71. The van der Waals surface area contributed by atoms with Crippen LogP contribution in [0.4, 0.5) is 5.69 Å². The maximum absolute atomic E-state index is 12.3. The predicted octanol–water partition coefficient (Wildman–Crippen LogP) is -0.453. The highest BCUT2D eigenvalue weighted by Gasteiger charge is 2.13. The molecule has 138 valence electrons. The molecule has 0 saturated heterocycles. The molecule has 0 aliphatic rings. The molecular formula is C21H20ClN3O2. The van der Waals surface area contributed by atoms with Gasteiger partial charge in [-0.25, -0.2) is 0 Å². The normalized spacial score (nSPS) is 9.78. The summed E-state index contributed by atoms with van der Waals surface area (Å²) in [5.41, 5.74) is 2.27. The van der Waals surface area contributed by atoms with E-state index in [4.69, 9.17) is 0 Å². The monoisotopic (exact) mass is 381 g/mol. The summed E-state index contributed by atoms with van der Waals surface area (Å²) in [7, 11) is 0. The van der Waals surface area contributed by atoms with Crippen molar-refractivity contribution in [2.75, 3.05) is 5.32 Å². The first kappa shape index (κ1) is 20.1. The standard InChI is InChI=1S/C21H19N3O2.ClH/c25-20(22-14-17-8-3-1-4-9-17)16-24-13-7-10-18(15-24)21(26)23-19-11-5-2-6-12-19;/h1-13,15H,14,16H2,(H-,22,23,25,26);1H. The fourth-order valence-electron chi connectivity index (χ4n) is 2.50. The Kier molecular flexibility index (Phi) is 7.52. The van der Waals surface area contributed by atoms with E-state index >= 15 is 0 Å².